The summed E-state index contributed by atoms with van der Waals surface area (Å²) < 4.78 is 26.5. The lowest BCUT2D eigenvalue weighted by molar-refractivity contribution is -0.161. The molecule has 0 fully saturated rings. The molecule has 0 bridgehead atoms. The molecule has 0 N–H and O–H groups in total. The minimum atomic E-state index is -1.22. The van der Waals surface area contributed by atoms with Gasteiger partial charge in [0.2, 0.25) is 5.91 Å². The number of nitrogens with zero attached hydrogens (tertiary/aromatic N) is 1. The van der Waals surface area contributed by atoms with Gasteiger partial charge < -0.3 is 28.6 Å². The Morgan fingerprint density at radius 1 is 0.800 bits per heavy atom. The maximum absolute atomic E-state index is 13.8. The number of benzene rings is 2. The van der Waals surface area contributed by atoms with Crippen molar-refractivity contribution in [2.75, 3.05) is 26.9 Å². The third-order valence-corrected chi connectivity index (χ3v) is 5.72. The highest BCUT2D eigenvalue weighted by molar-refractivity contribution is 6.17. The molecule has 216 valence electrons. The minimum absolute atomic E-state index is 0.0187. The molecule has 0 aliphatic heterocycles. The van der Waals surface area contributed by atoms with E-state index in [1.54, 1.807) is 52.0 Å². The van der Waals surface area contributed by atoms with Gasteiger partial charge in [-0.05, 0) is 51.0 Å². The molecule has 0 aromatic heterocycles. The number of methoxy groups -OCH3 is 1. The first-order valence-corrected chi connectivity index (χ1v) is 13.1. The van der Waals surface area contributed by atoms with Crippen LogP contribution in [0.3, 0.4) is 0 Å². The molecule has 0 saturated carbocycles. The predicted octanol–water partition coefficient (Wildman–Crippen LogP) is 3.61. The summed E-state index contributed by atoms with van der Waals surface area (Å²) in [6.07, 6.45) is -0.00108. The van der Waals surface area contributed by atoms with Crippen molar-refractivity contribution in [2.24, 2.45) is 0 Å². The van der Waals surface area contributed by atoms with E-state index < -0.39 is 41.5 Å². The van der Waals surface area contributed by atoms with E-state index in [0.717, 1.165) is 11.6 Å². The van der Waals surface area contributed by atoms with Crippen LogP contribution in [-0.2, 0) is 51.3 Å². The Morgan fingerprint density at radius 2 is 1.38 bits per heavy atom. The van der Waals surface area contributed by atoms with Crippen molar-refractivity contribution in [1.29, 1.82) is 0 Å². The lowest BCUT2D eigenvalue weighted by Crippen LogP contribution is -2.51. The molecule has 2 rings (SSSR count). The normalized spacial score (nSPS) is 11.9. The Bertz CT molecular complexity index is 1130. The molecule has 10 nitrogen and oxygen atoms in total. The van der Waals surface area contributed by atoms with Crippen LogP contribution in [0, 0.1) is 0 Å². The smallest absolute Gasteiger partial charge is 0.345 e. The maximum atomic E-state index is 13.8. The Morgan fingerprint density at radius 3 is 1.90 bits per heavy atom. The van der Waals surface area contributed by atoms with Crippen molar-refractivity contribution in [3.63, 3.8) is 0 Å². The van der Waals surface area contributed by atoms with E-state index in [-0.39, 0.29) is 33.0 Å². The molecule has 2 aromatic carbocycles. The van der Waals surface area contributed by atoms with Crippen LogP contribution < -0.4 is 4.74 Å². The first-order valence-electron chi connectivity index (χ1n) is 13.1. The van der Waals surface area contributed by atoms with Gasteiger partial charge in [0.25, 0.3) is 0 Å². The molecule has 40 heavy (non-hydrogen) atoms. The Labute approximate surface area is 234 Å². The summed E-state index contributed by atoms with van der Waals surface area (Å²) in [5, 5.41) is 0. The Hall–Kier alpha value is -4.18. The predicted molar refractivity (Wildman–Crippen MR) is 146 cm³/mol. The highest BCUT2D eigenvalue weighted by atomic mass is 16.6. The van der Waals surface area contributed by atoms with Crippen molar-refractivity contribution in [1.82, 2.24) is 4.90 Å². The quantitative estimate of drug-likeness (QED) is 0.107. The zero-order valence-corrected chi connectivity index (χ0v) is 23.6. The van der Waals surface area contributed by atoms with Crippen LogP contribution in [0.4, 0.5) is 0 Å². The molecular formula is C30H37NO9. The van der Waals surface area contributed by atoms with Crippen molar-refractivity contribution < 1.29 is 42.9 Å². The van der Waals surface area contributed by atoms with Crippen LogP contribution in [0.1, 0.15) is 38.8 Å². The van der Waals surface area contributed by atoms with Gasteiger partial charge in [-0.15, -0.1) is 0 Å². The fourth-order valence-electron chi connectivity index (χ4n) is 3.76. The van der Waals surface area contributed by atoms with Crippen LogP contribution in [0.25, 0.3) is 0 Å². The largest absolute Gasteiger partial charge is 0.497 e. The molecular weight excluding hydrogens is 518 g/mol. The Balaban J connectivity index is 2.54. The zero-order valence-electron chi connectivity index (χ0n) is 23.6. The SMILES string of the molecule is CCOC(=O)C(=CC(=O)N(Cc1ccc(OC)cc1)[C@H](C(=O)OCC)[C@H](C)OCc1ccccc1)C(=O)OCC. The number of carbonyl (C=O) groups excluding carboxylic acids is 4. The van der Waals surface area contributed by atoms with Gasteiger partial charge in [0.1, 0.15) is 11.3 Å². The topological polar surface area (TPSA) is 118 Å². The number of hydrogen-bond donors (Lipinski definition) is 0. The van der Waals surface area contributed by atoms with E-state index >= 15 is 0 Å². The average molecular weight is 556 g/mol. The second-order valence-corrected chi connectivity index (χ2v) is 8.51. The second kappa shape index (κ2) is 16.7. The van der Waals surface area contributed by atoms with Crippen molar-refractivity contribution in [3.8, 4) is 5.75 Å². The molecule has 0 radical (unpaired) electrons. The lowest BCUT2D eigenvalue weighted by atomic mass is 10.1. The van der Waals surface area contributed by atoms with Crippen LogP contribution in [0.15, 0.2) is 66.2 Å². The third-order valence-electron chi connectivity index (χ3n) is 5.72. The van der Waals surface area contributed by atoms with E-state index in [1.807, 2.05) is 30.3 Å². The molecule has 10 heteroatoms. The number of carbonyl (C=O) groups is 4. The summed E-state index contributed by atoms with van der Waals surface area (Å²) in [5.41, 5.74) is 0.937. The van der Waals surface area contributed by atoms with Crippen LogP contribution in [0.5, 0.6) is 5.75 Å². The zero-order chi connectivity index (χ0) is 29.5. The van der Waals surface area contributed by atoms with Crippen molar-refractivity contribution in [3.05, 3.63) is 77.4 Å². The molecule has 0 spiro atoms. The van der Waals surface area contributed by atoms with Crippen molar-refractivity contribution >= 4 is 23.8 Å². The van der Waals surface area contributed by atoms with E-state index in [2.05, 4.69) is 0 Å². The first-order chi connectivity index (χ1) is 19.2. The third kappa shape index (κ3) is 9.53. The van der Waals surface area contributed by atoms with Gasteiger partial charge in [-0.3, -0.25) is 4.79 Å². The van der Waals surface area contributed by atoms with E-state index in [0.29, 0.717) is 11.3 Å². The molecule has 0 saturated heterocycles. The molecule has 0 aliphatic carbocycles. The van der Waals surface area contributed by atoms with Gasteiger partial charge in [0, 0.05) is 12.6 Å². The molecule has 0 heterocycles. The summed E-state index contributed by atoms with van der Waals surface area (Å²) in [5.74, 6) is -2.93. The van der Waals surface area contributed by atoms with Crippen LogP contribution in [-0.4, -0.2) is 67.8 Å². The number of amides is 1. The monoisotopic (exact) mass is 555 g/mol. The van der Waals surface area contributed by atoms with Gasteiger partial charge in [-0.25, -0.2) is 14.4 Å². The molecule has 1 amide bonds. The van der Waals surface area contributed by atoms with Gasteiger partial charge in [-0.1, -0.05) is 42.5 Å². The number of hydrogen-bond acceptors (Lipinski definition) is 9. The maximum Gasteiger partial charge on any atom is 0.345 e. The molecule has 2 aromatic rings. The fraction of sp³-hybridized carbons (Fsp3) is 0.400. The number of ether oxygens (including phenoxy) is 5. The van der Waals surface area contributed by atoms with E-state index in [9.17, 15) is 19.2 Å². The van der Waals surface area contributed by atoms with E-state index in [4.69, 9.17) is 23.7 Å². The first kappa shape index (κ1) is 32.0. The summed E-state index contributed by atoms with van der Waals surface area (Å²) in [6.45, 7) is 6.58. The van der Waals surface area contributed by atoms with Gasteiger partial charge in [0.05, 0.1) is 39.6 Å². The van der Waals surface area contributed by atoms with Crippen LogP contribution >= 0.6 is 0 Å². The molecule has 2 atom stereocenters. The fourth-order valence-corrected chi connectivity index (χ4v) is 3.76. The van der Waals surface area contributed by atoms with Gasteiger partial charge in [-0.2, -0.15) is 0 Å². The molecule has 0 aliphatic rings. The standard InChI is InChI=1S/C30H37NO9/c1-6-37-28(33)25(29(34)38-7-2)18-26(32)31(19-22-14-16-24(36-5)17-15-22)27(30(35)39-8-3)21(4)40-20-23-12-10-9-11-13-23/h9-18,21,27H,6-8,19-20H2,1-5H3/t21-,27-/m0/s1. The van der Waals surface area contributed by atoms with Crippen LogP contribution in [0.2, 0.25) is 0 Å². The highest BCUT2D eigenvalue weighted by Gasteiger charge is 2.37. The Kier molecular flexibility index (Phi) is 13.4. The lowest BCUT2D eigenvalue weighted by Gasteiger charge is -2.33. The average Bonchev–Trinajstić information content (AvgIpc) is 2.95. The van der Waals surface area contributed by atoms with Gasteiger partial charge in [0.15, 0.2) is 6.04 Å². The molecule has 0 unspecified atom stereocenters. The minimum Gasteiger partial charge on any atom is -0.497 e. The summed E-state index contributed by atoms with van der Waals surface area (Å²) in [7, 11) is 1.53. The number of rotatable bonds is 15. The number of esters is 3. The summed E-state index contributed by atoms with van der Waals surface area (Å²) in [4.78, 5) is 53.4. The van der Waals surface area contributed by atoms with Crippen molar-refractivity contribution in [2.45, 2.75) is 53.0 Å². The summed E-state index contributed by atoms with van der Waals surface area (Å²) in [6, 6.07) is 15.0. The second-order valence-electron chi connectivity index (χ2n) is 8.51. The summed E-state index contributed by atoms with van der Waals surface area (Å²) >= 11 is 0. The van der Waals surface area contributed by atoms with E-state index in [1.165, 1.54) is 12.0 Å². The van der Waals surface area contributed by atoms with Gasteiger partial charge >= 0.3 is 17.9 Å². The highest BCUT2D eigenvalue weighted by Crippen LogP contribution is 2.20.